The topological polar surface area (TPSA) is 77.2 Å². The van der Waals surface area contributed by atoms with Crippen LogP contribution < -0.4 is 4.90 Å². The highest BCUT2D eigenvalue weighted by Crippen LogP contribution is 2.37. The third-order valence-electron chi connectivity index (χ3n) is 4.62. The monoisotopic (exact) mass is 329 g/mol. The number of hydrogen-bond donors (Lipinski definition) is 1. The molecule has 1 aromatic heterocycles. The van der Waals surface area contributed by atoms with Gasteiger partial charge in [-0.1, -0.05) is 11.6 Å². The Balaban J connectivity index is 2.05. The van der Waals surface area contributed by atoms with Crippen molar-refractivity contribution in [3.8, 4) is 6.07 Å². The number of hydrogen-bond acceptors (Lipinski definition) is 4. The molecule has 0 unspecified atom stereocenters. The number of benzene rings is 1. The van der Waals surface area contributed by atoms with E-state index >= 15 is 0 Å². The fraction of sp³-hybridized carbons (Fsp3) is 0.353. The number of nitrogens with zero attached hydrogens (tertiary/aromatic N) is 3. The van der Waals surface area contributed by atoms with Gasteiger partial charge in [0.25, 0.3) is 0 Å². The Hall–Kier alpha value is -2.32. The summed E-state index contributed by atoms with van der Waals surface area (Å²) in [5.74, 6) is -0.764. The number of carbonyl (C=O) groups is 1. The summed E-state index contributed by atoms with van der Waals surface area (Å²) < 4.78 is 0. The van der Waals surface area contributed by atoms with Crippen LogP contribution in [0.1, 0.15) is 25.3 Å². The molecule has 1 aliphatic rings. The molecule has 0 aliphatic carbocycles. The number of rotatable bonds is 2. The van der Waals surface area contributed by atoms with E-state index in [-0.39, 0.29) is 0 Å². The number of nitriles is 1. The molecule has 1 N–H and O–H groups in total. The first-order valence-electron chi connectivity index (χ1n) is 7.41. The number of halogens is 1. The molecule has 2 heterocycles. The lowest BCUT2D eigenvalue weighted by atomic mass is 9.80. The van der Waals surface area contributed by atoms with E-state index in [0.717, 1.165) is 16.6 Å². The molecule has 1 aliphatic heterocycles. The highest BCUT2D eigenvalue weighted by atomic mass is 35.5. The van der Waals surface area contributed by atoms with Crippen LogP contribution in [0.4, 0.5) is 5.69 Å². The number of carboxylic acid groups (broad SMARTS) is 1. The van der Waals surface area contributed by atoms with Gasteiger partial charge in [-0.15, -0.1) is 0 Å². The first-order chi connectivity index (χ1) is 10.9. The number of anilines is 1. The van der Waals surface area contributed by atoms with E-state index < -0.39 is 11.4 Å². The quantitative estimate of drug-likeness (QED) is 0.913. The minimum Gasteiger partial charge on any atom is -0.481 e. The molecule has 0 saturated carbocycles. The van der Waals surface area contributed by atoms with Crippen LogP contribution in [-0.4, -0.2) is 29.1 Å². The molecule has 1 saturated heterocycles. The van der Waals surface area contributed by atoms with Crippen LogP contribution >= 0.6 is 11.6 Å². The van der Waals surface area contributed by atoms with Crippen molar-refractivity contribution >= 4 is 34.2 Å². The molecule has 1 aromatic carbocycles. The number of piperidine rings is 1. The molecule has 23 heavy (non-hydrogen) atoms. The zero-order valence-corrected chi connectivity index (χ0v) is 13.5. The molecule has 0 bridgehead atoms. The normalized spacial score (nSPS) is 17.0. The van der Waals surface area contributed by atoms with Crippen LogP contribution in [0, 0.1) is 16.7 Å². The molecule has 2 aromatic rings. The third kappa shape index (κ3) is 2.71. The Kier molecular flexibility index (Phi) is 3.87. The molecule has 5 nitrogen and oxygen atoms in total. The molecular formula is C17H16ClN3O2. The van der Waals surface area contributed by atoms with Crippen molar-refractivity contribution in [1.29, 1.82) is 5.26 Å². The van der Waals surface area contributed by atoms with E-state index in [1.54, 1.807) is 19.2 Å². The Labute approximate surface area is 139 Å². The largest absolute Gasteiger partial charge is 0.481 e. The van der Waals surface area contributed by atoms with Crippen molar-refractivity contribution in [3.63, 3.8) is 0 Å². The van der Waals surface area contributed by atoms with Gasteiger partial charge in [0.15, 0.2) is 0 Å². The lowest BCUT2D eigenvalue weighted by molar-refractivity contribution is -0.149. The summed E-state index contributed by atoms with van der Waals surface area (Å²) in [5, 5.41) is 20.2. The maximum atomic E-state index is 11.4. The van der Waals surface area contributed by atoms with Crippen LogP contribution in [0.15, 0.2) is 24.4 Å². The van der Waals surface area contributed by atoms with Gasteiger partial charge in [-0.2, -0.15) is 5.26 Å². The Bertz CT molecular complexity index is 820. The van der Waals surface area contributed by atoms with E-state index in [2.05, 4.69) is 16.0 Å². The van der Waals surface area contributed by atoms with Crippen molar-refractivity contribution in [1.82, 2.24) is 4.98 Å². The lowest BCUT2D eigenvalue weighted by Gasteiger charge is -2.38. The van der Waals surface area contributed by atoms with Crippen molar-refractivity contribution < 1.29 is 9.90 Å². The first-order valence-corrected chi connectivity index (χ1v) is 7.79. The molecule has 118 valence electrons. The number of fused-ring (bicyclic) bond motifs is 1. The fourth-order valence-electron chi connectivity index (χ4n) is 3.01. The number of aromatic nitrogens is 1. The predicted octanol–water partition coefficient (Wildman–Crippen LogP) is 3.45. The van der Waals surface area contributed by atoms with Crippen molar-refractivity contribution in [2.45, 2.75) is 19.8 Å². The average molecular weight is 330 g/mol. The molecular weight excluding hydrogens is 314 g/mol. The highest BCUT2D eigenvalue weighted by Gasteiger charge is 2.37. The number of aliphatic carboxylic acids is 1. The second-order valence-electron chi connectivity index (χ2n) is 6.15. The summed E-state index contributed by atoms with van der Waals surface area (Å²) in [6.45, 7) is 2.95. The number of pyridine rings is 1. The molecule has 0 radical (unpaired) electrons. The molecule has 3 rings (SSSR count). The lowest BCUT2D eigenvalue weighted by Crippen LogP contribution is -2.43. The fourth-order valence-corrected chi connectivity index (χ4v) is 3.18. The smallest absolute Gasteiger partial charge is 0.309 e. The van der Waals surface area contributed by atoms with E-state index in [0.29, 0.717) is 36.5 Å². The van der Waals surface area contributed by atoms with Crippen LogP contribution in [-0.2, 0) is 4.79 Å². The summed E-state index contributed by atoms with van der Waals surface area (Å²) in [5.41, 5.74) is 1.35. The van der Waals surface area contributed by atoms with Crippen LogP contribution in [0.2, 0.25) is 5.02 Å². The predicted molar refractivity (Wildman–Crippen MR) is 88.7 cm³/mol. The molecule has 0 atom stereocenters. The van der Waals surface area contributed by atoms with E-state index in [9.17, 15) is 15.2 Å². The Morgan fingerprint density at radius 2 is 2.13 bits per heavy atom. The van der Waals surface area contributed by atoms with Gasteiger partial charge in [0.05, 0.1) is 22.2 Å². The zero-order chi connectivity index (χ0) is 16.6. The van der Waals surface area contributed by atoms with Crippen molar-refractivity contribution in [2.75, 3.05) is 18.0 Å². The van der Waals surface area contributed by atoms with E-state index in [1.165, 1.54) is 0 Å². The molecule has 6 heteroatoms. The van der Waals surface area contributed by atoms with Gasteiger partial charge < -0.3 is 10.0 Å². The van der Waals surface area contributed by atoms with Crippen molar-refractivity contribution in [2.24, 2.45) is 5.41 Å². The summed E-state index contributed by atoms with van der Waals surface area (Å²) in [4.78, 5) is 17.8. The molecule has 1 fully saturated rings. The Morgan fingerprint density at radius 3 is 2.74 bits per heavy atom. The molecule has 0 amide bonds. The van der Waals surface area contributed by atoms with Gasteiger partial charge in [0.1, 0.15) is 6.07 Å². The van der Waals surface area contributed by atoms with Gasteiger partial charge in [-0.05, 0) is 38.0 Å². The molecule has 0 spiro atoms. The van der Waals surface area contributed by atoms with Crippen LogP contribution in [0.5, 0.6) is 0 Å². The van der Waals surface area contributed by atoms with Gasteiger partial charge in [0.2, 0.25) is 0 Å². The van der Waals surface area contributed by atoms with E-state index in [4.69, 9.17) is 11.6 Å². The Morgan fingerprint density at radius 1 is 1.43 bits per heavy atom. The summed E-state index contributed by atoms with van der Waals surface area (Å²) in [7, 11) is 0. The van der Waals surface area contributed by atoms with Gasteiger partial charge in [-0.25, -0.2) is 0 Å². The summed E-state index contributed by atoms with van der Waals surface area (Å²) in [6, 6.07) is 7.59. The highest BCUT2D eigenvalue weighted by molar-refractivity contribution is 6.31. The first kappa shape index (κ1) is 15.6. The third-order valence-corrected chi connectivity index (χ3v) is 4.86. The second kappa shape index (κ2) is 5.71. The van der Waals surface area contributed by atoms with Gasteiger partial charge in [0, 0.05) is 29.7 Å². The second-order valence-corrected chi connectivity index (χ2v) is 6.58. The van der Waals surface area contributed by atoms with Crippen LogP contribution in [0.3, 0.4) is 0 Å². The maximum Gasteiger partial charge on any atom is 0.309 e. The van der Waals surface area contributed by atoms with Gasteiger partial charge in [-0.3, -0.25) is 9.78 Å². The van der Waals surface area contributed by atoms with Crippen molar-refractivity contribution in [3.05, 3.63) is 35.0 Å². The summed E-state index contributed by atoms with van der Waals surface area (Å²) in [6.07, 6.45) is 2.64. The standard InChI is InChI=1S/C17H16ClN3O2/c1-17(16(22)23)4-6-21(7-5-17)15-11(9-19)10-20-14-3-2-12(18)8-13(14)15/h2-3,8,10H,4-7H2,1H3,(H,22,23). The maximum absolute atomic E-state index is 11.4. The minimum atomic E-state index is -0.764. The summed E-state index contributed by atoms with van der Waals surface area (Å²) >= 11 is 6.11. The zero-order valence-electron chi connectivity index (χ0n) is 12.7. The van der Waals surface area contributed by atoms with Crippen LogP contribution in [0.25, 0.3) is 10.9 Å². The van der Waals surface area contributed by atoms with Gasteiger partial charge >= 0.3 is 5.97 Å². The average Bonchev–Trinajstić information content (AvgIpc) is 2.54. The SMILES string of the molecule is CC1(C(=O)O)CCN(c2c(C#N)cnc3ccc(Cl)cc23)CC1. The minimum absolute atomic E-state index is 0.485. The number of carboxylic acids is 1. The van der Waals surface area contributed by atoms with E-state index in [1.807, 2.05) is 12.1 Å².